The van der Waals surface area contributed by atoms with Crippen LogP contribution in [0.25, 0.3) is 0 Å². The van der Waals surface area contributed by atoms with Crippen LogP contribution in [0.2, 0.25) is 0 Å². The molecule has 0 bridgehead atoms. The van der Waals surface area contributed by atoms with Gasteiger partial charge in [0.1, 0.15) is 5.60 Å². The Morgan fingerprint density at radius 2 is 2.05 bits per heavy atom. The second-order valence-electron chi connectivity index (χ2n) is 4.91. The Labute approximate surface area is 117 Å². The molecule has 2 heterocycles. The van der Waals surface area contributed by atoms with Crippen LogP contribution in [0.4, 0.5) is 10.5 Å². The highest BCUT2D eigenvalue weighted by Gasteiger charge is 2.60. The van der Waals surface area contributed by atoms with E-state index in [9.17, 15) is 4.79 Å². The number of rotatable bonds is 2. The monoisotopic (exact) mass is 278 g/mol. The lowest BCUT2D eigenvalue weighted by Crippen LogP contribution is -2.52. The van der Waals surface area contributed by atoms with Crippen LogP contribution < -0.4 is 5.06 Å². The molecule has 2 aliphatic heterocycles. The van der Waals surface area contributed by atoms with Crippen molar-refractivity contribution in [1.82, 2.24) is 4.90 Å². The average Bonchev–Trinajstić information content (AvgIpc) is 3.00. The summed E-state index contributed by atoms with van der Waals surface area (Å²) in [6, 6.07) is 7.90. The first-order chi connectivity index (χ1) is 9.69. The van der Waals surface area contributed by atoms with Gasteiger partial charge in [-0.05, 0) is 6.07 Å². The van der Waals surface area contributed by atoms with Gasteiger partial charge in [0.25, 0.3) is 0 Å². The first kappa shape index (κ1) is 13.2. The van der Waals surface area contributed by atoms with Crippen LogP contribution in [-0.4, -0.2) is 45.0 Å². The van der Waals surface area contributed by atoms with Crippen molar-refractivity contribution in [3.8, 4) is 0 Å². The van der Waals surface area contributed by atoms with Gasteiger partial charge in [-0.15, -0.1) is 0 Å². The number of carbonyl (C=O) groups is 1. The summed E-state index contributed by atoms with van der Waals surface area (Å²) in [4.78, 5) is 19.1. The van der Waals surface area contributed by atoms with Crippen LogP contribution in [0.5, 0.6) is 0 Å². The van der Waals surface area contributed by atoms with E-state index in [4.69, 9.17) is 14.3 Å². The minimum absolute atomic E-state index is 0.345. The van der Waals surface area contributed by atoms with E-state index in [-0.39, 0.29) is 12.3 Å². The molecule has 108 valence electrons. The third kappa shape index (κ3) is 1.49. The molecule has 0 aliphatic carbocycles. The average molecular weight is 278 g/mol. The molecule has 20 heavy (non-hydrogen) atoms. The molecule has 1 aromatic rings. The number of carbonyl (C=O) groups excluding carboxylic acids is 1. The highest BCUT2D eigenvalue weighted by molar-refractivity contribution is 5.72. The number of hydrogen-bond acceptors (Lipinski definition) is 5. The van der Waals surface area contributed by atoms with Crippen molar-refractivity contribution in [3.63, 3.8) is 0 Å². The van der Waals surface area contributed by atoms with Crippen molar-refractivity contribution >= 4 is 11.8 Å². The Balaban J connectivity index is 2.12. The van der Waals surface area contributed by atoms with Crippen LogP contribution in [0.15, 0.2) is 24.3 Å². The molecule has 0 N–H and O–H groups in total. The van der Waals surface area contributed by atoms with E-state index in [1.807, 2.05) is 24.3 Å². The van der Waals surface area contributed by atoms with Crippen molar-refractivity contribution in [2.45, 2.75) is 18.2 Å². The van der Waals surface area contributed by atoms with Crippen LogP contribution in [0, 0.1) is 0 Å². The van der Waals surface area contributed by atoms with E-state index < -0.39 is 5.60 Å². The lowest BCUT2D eigenvalue weighted by atomic mass is 9.92. The Morgan fingerprint density at radius 1 is 1.30 bits per heavy atom. The van der Waals surface area contributed by atoms with Gasteiger partial charge in [-0.2, -0.15) is 0 Å². The minimum atomic E-state index is -0.569. The van der Waals surface area contributed by atoms with Crippen molar-refractivity contribution in [3.05, 3.63) is 29.8 Å². The van der Waals surface area contributed by atoms with Gasteiger partial charge in [0.05, 0.1) is 19.9 Å². The maximum absolute atomic E-state index is 12.0. The maximum Gasteiger partial charge on any atom is 0.411 e. The number of nitrogens with zero attached hydrogens (tertiary/aromatic N) is 2. The molecule has 6 heteroatoms. The summed E-state index contributed by atoms with van der Waals surface area (Å²) in [5.41, 5.74) is 1.40. The van der Waals surface area contributed by atoms with Crippen molar-refractivity contribution < 1.29 is 19.1 Å². The molecule has 1 fully saturated rings. The zero-order chi connectivity index (χ0) is 14.3. The second-order valence-corrected chi connectivity index (χ2v) is 4.91. The molecule has 0 aromatic heterocycles. The fourth-order valence-electron chi connectivity index (χ4n) is 3.36. The highest BCUT2D eigenvalue weighted by Crippen LogP contribution is 2.52. The maximum atomic E-state index is 12.0. The first-order valence-corrected chi connectivity index (χ1v) is 6.52. The number of ether oxygens (including phenoxy) is 2. The fraction of sp³-hybridized carbons (Fsp3) is 0.500. The largest absolute Gasteiger partial charge is 0.453 e. The molecule has 0 saturated carbocycles. The minimum Gasteiger partial charge on any atom is -0.453 e. The van der Waals surface area contributed by atoms with Gasteiger partial charge < -0.3 is 9.47 Å². The van der Waals surface area contributed by atoms with Gasteiger partial charge in [-0.1, -0.05) is 18.2 Å². The number of methoxy groups -OCH3 is 2. The summed E-state index contributed by atoms with van der Waals surface area (Å²) in [5.74, 6) is 0. The molecule has 1 aromatic carbocycles. The van der Waals surface area contributed by atoms with Crippen molar-refractivity contribution in [2.75, 3.05) is 32.9 Å². The van der Waals surface area contributed by atoms with E-state index in [0.29, 0.717) is 13.0 Å². The zero-order valence-corrected chi connectivity index (χ0v) is 11.8. The second kappa shape index (κ2) is 4.64. The molecule has 0 spiro atoms. The van der Waals surface area contributed by atoms with Gasteiger partial charge >= 0.3 is 6.09 Å². The molecular weight excluding hydrogens is 260 g/mol. The molecule has 2 aliphatic rings. The number of benzene rings is 1. The third-order valence-corrected chi connectivity index (χ3v) is 4.23. The van der Waals surface area contributed by atoms with E-state index in [2.05, 4.69) is 0 Å². The number of para-hydroxylation sites is 1. The molecular formula is C14H18N2O4. The molecule has 0 radical (unpaired) electrons. The van der Waals surface area contributed by atoms with Crippen molar-refractivity contribution in [2.24, 2.45) is 0 Å². The van der Waals surface area contributed by atoms with Gasteiger partial charge in [-0.3, -0.25) is 9.74 Å². The zero-order valence-electron chi connectivity index (χ0n) is 11.8. The molecule has 3 rings (SSSR count). The number of likely N-dealkylation sites (tertiary alicyclic amines) is 1. The predicted octanol–water partition coefficient (Wildman–Crippen LogP) is 1.71. The summed E-state index contributed by atoms with van der Waals surface area (Å²) in [6.45, 7) is 0.569. The molecule has 1 amide bonds. The predicted molar refractivity (Wildman–Crippen MR) is 72.1 cm³/mol. The topological polar surface area (TPSA) is 51.2 Å². The van der Waals surface area contributed by atoms with Gasteiger partial charge in [-0.25, -0.2) is 9.86 Å². The fourth-order valence-corrected chi connectivity index (χ4v) is 3.36. The number of anilines is 1. The highest BCUT2D eigenvalue weighted by atomic mass is 16.7. The van der Waals surface area contributed by atoms with Crippen LogP contribution >= 0.6 is 0 Å². The van der Waals surface area contributed by atoms with E-state index in [0.717, 1.165) is 11.3 Å². The number of amides is 1. The smallest absolute Gasteiger partial charge is 0.411 e. The molecule has 0 unspecified atom stereocenters. The van der Waals surface area contributed by atoms with Crippen molar-refractivity contribution in [1.29, 1.82) is 0 Å². The van der Waals surface area contributed by atoms with Crippen LogP contribution in [0.1, 0.15) is 12.0 Å². The number of hydroxylamine groups is 1. The normalized spacial score (nSPS) is 27.4. The van der Waals surface area contributed by atoms with Gasteiger partial charge in [0, 0.05) is 25.6 Å². The van der Waals surface area contributed by atoms with E-state index in [1.165, 1.54) is 7.11 Å². The number of hydrogen-bond donors (Lipinski definition) is 0. The SMILES string of the molecule is COC(=O)N1CC[C@@]2(OC)c3ccccc3N(OC)[C@@H]12. The Kier molecular flexibility index (Phi) is 3.07. The van der Waals surface area contributed by atoms with Crippen LogP contribution in [-0.2, 0) is 19.9 Å². The molecule has 1 saturated heterocycles. The lowest BCUT2D eigenvalue weighted by molar-refractivity contribution is -0.0568. The number of fused-ring (bicyclic) bond motifs is 3. The Morgan fingerprint density at radius 3 is 2.70 bits per heavy atom. The molecule has 6 nitrogen and oxygen atoms in total. The van der Waals surface area contributed by atoms with Gasteiger partial charge in [0.15, 0.2) is 6.17 Å². The standard InChI is InChI=1S/C14H18N2O4/c1-18-13(17)15-9-8-14(19-2)10-6-4-5-7-11(10)16(20-3)12(14)15/h4-7,12H,8-9H2,1-3H3/t12-,14-/m1/s1. The Hall–Kier alpha value is -1.79. The quantitative estimate of drug-likeness (QED) is 0.824. The summed E-state index contributed by atoms with van der Waals surface area (Å²) in [6.07, 6.45) is -0.00807. The first-order valence-electron chi connectivity index (χ1n) is 6.52. The summed E-state index contributed by atoms with van der Waals surface area (Å²) >= 11 is 0. The van der Waals surface area contributed by atoms with E-state index >= 15 is 0 Å². The third-order valence-electron chi connectivity index (χ3n) is 4.23. The summed E-state index contributed by atoms with van der Waals surface area (Å²) in [7, 11) is 4.65. The lowest BCUT2D eigenvalue weighted by Gasteiger charge is -2.34. The van der Waals surface area contributed by atoms with E-state index in [1.54, 1.807) is 24.2 Å². The Bertz CT molecular complexity index is 536. The van der Waals surface area contributed by atoms with Crippen LogP contribution in [0.3, 0.4) is 0 Å². The summed E-state index contributed by atoms with van der Waals surface area (Å²) < 4.78 is 10.7. The molecule has 2 atom stereocenters. The summed E-state index contributed by atoms with van der Waals surface area (Å²) in [5, 5.41) is 1.72. The van der Waals surface area contributed by atoms with Gasteiger partial charge in [0.2, 0.25) is 0 Å².